The minimum Gasteiger partial charge on any atom is -0.494 e. The summed E-state index contributed by atoms with van der Waals surface area (Å²) in [5.41, 5.74) is 0. The summed E-state index contributed by atoms with van der Waals surface area (Å²) < 4.78 is 27.5. The number of halogens is 2. The van der Waals surface area contributed by atoms with Gasteiger partial charge in [-0.25, -0.2) is 8.42 Å². The lowest BCUT2D eigenvalue weighted by molar-refractivity contribution is 0.403. The minimum atomic E-state index is -3.38. The highest BCUT2D eigenvalue weighted by Gasteiger charge is 2.17. The van der Waals surface area contributed by atoms with Crippen LogP contribution < -0.4 is 4.74 Å². The maximum absolute atomic E-state index is 11.3. The Balaban J connectivity index is 3.56. The molecule has 0 radical (unpaired) electrons. The van der Waals surface area contributed by atoms with Gasteiger partial charge in [0.1, 0.15) is 4.90 Å². The van der Waals surface area contributed by atoms with Crippen molar-refractivity contribution in [2.45, 2.75) is 4.90 Å². The minimum absolute atomic E-state index is 0.00231. The highest BCUT2D eigenvalue weighted by Crippen LogP contribution is 2.34. The predicted molar refractivity (Wildman–Crippen MR) is 56.1 cm³/mol. The third-order valence-electron chi connectivity index (χ3n) is 1.58. The van der Waals surface area contributed by atoms with Crippen LogP contribution in [0.15, 0.2) is 17.0 Å². The van der Waals surface area contributed by atoms with Crippen LogP contribution in [0, 0.1) is 0 Å². The maximum Gasteiger partial charge on any atom is 0.179 e. The van der Waals surface area contributed by atoms with Crippen molar-refractivity contribution in [3.05, 3.63) is 22.2 Å². The summed E-state index contributed by atoms with van der Waals surface area (Å²) >= 11 is 11.4. The monoisotopic (exact) mass is 254 g/mol. The summed E-state index contributed by atoms with van der Waals surface area (Å²) in [6.45, 7) is 0. The van der Waals surface area contributed by atoms with Crippen molar-refractivity contribution in [3.63, 3.8) is 0 Å². The Bertz CT molecular complexity index is 454. The van der Waals surface area contributed by atoms with Crippen molar-refractivity contribution >= 4 is 33.0 Å². The number of sulfone groups is 1. The zero-order valence-corrected chi connectivity index (χ0v) is 9.87. The average Bonchev–Trinajstić information content (AvgIpc) is 2.01. The van der Waals surface area contributed by atoms with Crippen LogP contribution in [-0.2, 0) is 9.84 Å². The van der Waals surface area contributed by atoms with Gasteiger partial charge in [0.05, 0.1) is 12.1 Å². The molecule has 78 valence electrons. The highest BCUT2D eigenvalue weighted by molar-refractivity contribution is 7.90. The van der Waals surface area contributed by atoms with Crippen molar-refractivity contribution in [1.82, 2.24) is 0 Å². The lowest BCUT2D eigenvalue weighted by Gasteiger charge is -2.08. The van der Waals surface area contributed by atoms with Crippen LogP contribution in [0.1, 0.15) is 0 Å². The van der Waals surface area contributed by atoms with Gasteiger partial charge in [-0.05, 0) is 12.1 Å². The van der Waals surface area contributed by atoms with Gasteiger partial charge in [0, 0.05) is 11.3 Å². The van der Waals surface area contributed by atoms with Gasteiger partial charge in [0.25, 0.3) is 0 Å². The number of hydrogen-bond donors (Lipinski definition) is 0. The predicted octanol–water partition coefficient (Wildman–Crippen LogP) is 2.41. The van der Waals surface area contributed by atoms with E-state index in [1.54, 1.807) is 0 Å². The summed E-state index contributed by atoms with van der Waals surface area (Å²) in [5.74, 6) is 0.124. The molecule has 14 heavy (non-hydrogen) atoms. The SMILES string of the molecule is COc1c(Cl)cc(Cl)cc1S(C)(=O)=O. The topological polar surface area (TPSA) is 43.4 Å². The second-order valence-electron chi connectivity index (χ2n) is 2.69. The molecule has 0 fully saturated rings. The summed E-state index contributed by atoms with van der Waals surface area (Å²) in [5, 5.41) is 0.441. The van der Waals surface area contributed by atoms with E-state index in [0.717, 1.165) is 6.26 Å². The van der Waals surface area contributed by atoms with Crippen molar-refractivity contribution < 1.29 is 13.2 Å². The average molecular weight is 255 g/mol. The van der Waals surface area contributed by atoms with Crippen molar-refractivity contribution in [1.29, 1.82) is 0 Å². The van der Waals surface area contributed by atoms with Crippen LogP contribution in [0.5, 0.6) is 5.75 Å². The third-order valence-corrected chi connectivity index (χ3v) is 3.18. The van der Waals surface area contributed by atoms with E-state index in [9.17, 15) is 8.42 Å². The van der Waals surface area contributed by atoms with Gasteiger partial charge in [-0.15, -0.1) is 0 Å². The Morgan fingerprint density at radius 1 is 1.29 bits per heavy atom. The Hall–Kier alpha value is -0.450. The first-order valence-electron chi connectivity index (χ1n) is 3.59. The molecule has 0 atom stereocenters. The number of rotatable bonds is 2. The summed E-state index contributed by atoms with van der Waals surface area (Å²) in [7, 11) is -2.03. The molecule has 0 saturated heterocycles. The van der Waals surface area contributed by atoms with Gasteiger partial charge in [-0.1, -0.05) is 23.2 Å². The zero-order chi connectivity index (χ0) is 10.9. The number of benzene rings is 1. The van der Waals surface area contributed by atoms with Crippen LogP contribution in [0.3, 0.4) is 0 Å². The van der Waals surface area contributed by atoms with Crippen LogP contribution in [0.25, 0.3) is 0 Å². The number of ether oxygens (including phenoxy) is 1. The Morgan fingerprint density at radius 2 is 1.86 bits per heavy atom. The number of hydrogen-bond acceptors (Lipinski definition) is 3. The molecular formula is C8H8Cl2O3S. The Kier molecular flexibility index (Phi) is 3.29. The van der Waals surface area contributed by atoms with E-state index in [2.05, 4.69) is 0 Å². The molecule has 1 aromatic carbocycles. The Labute approximate surface area is 92.5 Å². The van der Waals surface area contributed by atoms with Crippen molar-refractivity contribution in [2.24, 2.45) is 0 Å². The van der Waals surface area contributed by atoms with Crippen molar-refractivity contribution in [2.75, 3.05) is 13.4 Å². The van der Waals surface area contributed by atoms with Gasteiger partial charge in [0.15, 0.2) is 15.6 Å². The van der Waals surface area contributed by atoms with E-state index in [-0.39, 0.29) is 20.7 Å². The van der Waals surface area contributed by atoms with Gasteiger partial charge in [0.2, 0.25) is 0 Å². The molecule has 0 aliphatic carbocycles. The third kappa shape index (κ3) is 2.32. The fourth-order valence-corrected chi connectivity index (χ4v) is 2.57. The zero-order valence-electron chi connectivity index (χ0n) is 7.54. The fraction of sp³-hybridized carbons (Fsp3) is 0.250. The highest BCUT2D eigenvalue weighted by atomic mass is 35.5. The van der Waals surface area contributed by atoms with Gasteiger partial charge < -0.3 is 4.74 Å². The molecule has 3 nitrogen and oxygen atoms in total. The van der Waals surface area contributed by atoms with Crippen LogP contribution in [0.2, 0.25) is 10.0 Å². The second-order valence-corrected chi connectivity index (χ2v) is 5.52. The van der Waals surface area contributed by atoms with Gasteiger partial charge >= 0.3 is 0 Å². The molecular weight excluding hydrogens is 247 g/mol. The molecule has 0 unspecified atom stereocenters. The van der Waals surface area contributed by atoms with Crippen LogP contribution in [0.4, 0.5) is 0 Å². The molecule has 1 rings (SSSR count). The molecule has 0 aliphatic heterocycles. The first-order valence-corrected chi connectivity index (χ1v) is 6.24. The smallest absolute Gasteiger partial charge is 0.179 e. The van der Waals surface area contributed by atoms with Crippen LogP contribution in [-0.4, -0.2) is 21.8 Å². The Morgan fingerprint density at radius 3 is 2.29 bits per heavy atom. The second kappa shape index (κ2) is 3.96. The van der Waals surface area contributed by atoms with E-state index in [0.29, 0.717) is 0 Å². The molecule has 0 bridgehead atoms. The maximum atomic E-state index is 11.3. The normalized spacial score (nSPS) is 11.4. The summed E-state index contributed by atoms with van der Waals surface area (Å²) in [6, 6.07) is 2.73. The molecule has 0 amide bonds. The molecule has 0 N–H and O–H groups in total. The van der Waals surface area contributed by atoms with E-state index < -0.39 is 9.84 Å². The lowest BCUT2D eigenvalue weighted by atomic mass is 10.3. The molecule has 0 aliphatic rings. The molecule has 0 spiro atoms. The van der Waals surface area contributed by atoms with Crippen LogP contribution >= 0.6 is 23.2 Å². The molecule has 1 aromatic rings. The largest absolute Gasteiger partial charge is 0.494 e. The van der Waals surface area contributed by atoms with E-state index >= 15 is 0 Å². The first kappa shape index (κ1) is 11.6. The molecule has 0 saturated carbocycles. The molecule has 6 heteroatoms. The standard InChI is InChI=1S/C8H8Cl2O3S/c1-13-8-6(10)3-5(9)4-7(8)14(2,11)12/h3-4H,1-2H3. The van der Waals surface area contributed by atoms with Gasteiger partial charge in [-0.3, -0.25) is 0 Å². The summed E-state index contributed by atoms with van der Waals surface area (Å²) in [4.78, 5) is -0.00231. The molecule has 0 aromatic heterocycles. The lowest BCUT2D eigenvalue weighted by Crippen LogP contribution is -2.01. The van der Waals surface area contributed by atoms with Crippen molar-refractivity contribution in [3.8, 4) is 5.75 Å². The van der Waals surface area contributed by atoms with Gasteiger partial charge in [-0.2, -0.15) is 0 Å². The summed E-state index contributed by atoms with van der Waals surface area (Å²) in [6.07, 6.45) is 1.07. The van der Waals surface area contributed by atoms with E-state index in [1.165, 1.54) is 19.2 Å². The first-order chi connectivity index (χ1) is 6.36. The molecule has 0 heterocycles. The fourth-order valence-electron chi connectivity index (χ4n) is 1.01. The van der Waals surface area contributed by atoms with E-state index in [4.69, 9.17) is 27.9 Å². The quantitative estimate of drug-likeness (QED) is 0.815. The number of methoxy groups -OCH3 is 1. The van der Waals surface area contributed by atoms with E-state index in [1.807, 2.05) is 0 Å².